The average molecular weight is 237 g/mol. The van der Waals surface area contributed by atoms with Crippen molar-refractivity contribution in [3.63, 3.8) is 0 Å². The number of nitrogens with two attached hydrogens (primary N) is 1. The topological polar surface area (TPSA) is 78.8 Å². The number of hydrogen-bond acceptors (Lipinski definition) is 5. The molecule has 0 saturated heterocycles. The summed E-state index contributed by atoms with van der Waals surface area (Å²) in [5.41, 5.74) is 6.59. The first kappa shape index (κ1) is 11.5. The Morgan fingerprint density at radius 3 is 2.76 bits per heavy atom. The van der Waals surface area contributed by atoms with E-state index in [2.05, 4.69) is 15.5 Å². The number of halogens is 1. The lowest BCUT2D eigenvalue weighted by atomic mass is 10.1. The van der Waals surface area contributed by atoms with Gasteiger partial charge in [-0.1, -0.05) is 0 Å². The fourth-order valence-electron chi connectivity index (χ4n) is 1.62. The second-order valence-electron chi connectivity index (χ2n) is 3.56. The highest BCUT2D eigenvalue weighted by Crippen LogP contribution is 2.29. The maximum absolute atomic E-state index is 14.1. The fourth-order valence-corrected chi connectivity index (χ4v) is 1.62. The van der Waals surface area contributed by atoms with E-state index in [-0.39, 0.29) is 5.75 Å². The third-order valence-corrected chi connectivity index (χ3v) is 2.39. The predicted molar refractivity (Wildman–Crippen MR) is 58.3 cm³/mol. The summed E-state index contributed by atoms with van der Waals surface area (Å²) in [5, 5.41) is 10.7. The van der Waals surface area contributed by atoms with Crippen LogP contribution in [0.4, 0.5) is 4.39 Å². The van der Waals surface area contributed by atoms with E-state index in [1.807, 2.05) is 0 Å². The van der Waals surface area contributed by atoms with Crippen LogP contribution in [0.15, 0.2) is 18.5 Å². The van der Waals surface area contributed by atoms with Gasteiger partial charge in [0.2, 0.25) is 0 Å². The average Bonchev–Trinajstić information content (AvgIpc) is 2.81. The third-order valence-electron chi connectivity index (χ3n) is 2.39. The van der Waals surface area contributed by atoms with Gasteiger partial charge in [0, 0.05) is 11.6 Å². The third kappa shape index (κ3) is 1.96. The molecule has 0 bridgehead atoms. The van der Waals surface area contributed by atoms with E-state index < -0.39 is 11.9 Å². The maximum atomic E-state index is 14.1. The van der Waals surface area contributed by atoms with E-state index in [9.17, 15) is 4.39 Å². The lowest BCUT2D eigenvalue weighted by Gasteiger charge is -2.15. The number of ether oxygens (including phenoxy) is 1. The van der Waals surface area contributed by atoms with Crippen LogP contribution < -0.4 is 10.5 Å². The van der Waals surface area contributed by atoms with Gasteiger partial charge in [-0.15, -0.1) is 5.10 Å². The summed E-state index contributed by atoms with van der Waals surface area (Å²) in [6, 6.07) is 2.68. The monoisotopic (exact) mass is 237 g/mol. The molecule has 0 aliphatic rings. The van der Waals surface area contributed by atoms with Crippen LogP contribution in [0.3, 0.4) is 0 Å². The van der Waals surface area contributed by atoms with Crippen molar-refractivity contribution in [1.82, 2.24) is 20.2 Å². The number of aromatic nitrogens is 4. The molecule has 1 atom stereocenters. The Balaban J connectivity index is 2.64. The standard InChI is InChI=1S/C10H12FN5O/c1-6(12)9-7(16-5-13-14-15-16)3-4-8(17-2)10(9)11/h3-6H,12H2,1-2H3. The molecule has 6 nitrogen and oxygen atoms in total. The summed E-state index contributed by atoms with van der Waals surface area (Å²) in [6.07, 6.45) is 1.38. The number of methoxy groups -OCH3 is 1. The van der Waals surface area contributed by atoms with E-state index >= 15 is 0 Å². The maximum Gasteiger partial charge on any atom is 0.171 e. The van der Waals surface area contributed by atoms with E-state index in [1.54, 1.807) is 13.0 Å². The Bertz CT molecular complexity index is 512. The summed E-state index contributed by atoms with van der Waals surface area (Å²) >= 11 is 0. The van der Waals surface area contributed by atoms with Crippen LogP contribution in [0.1, 0.15) is 18.5 Å². The summed E-state index contributed by atoms with van der Waals surface area (Å²) in [5.74, 6) is -0.343. The van der Waals surface area contributed by atoms with Gasteiger partial charge >= 0.3 is 0 Å². The normalized spacial score (nSPS) is 12.5. The lowest BCUT2D eigenvalue weighted by molar-refractivity contribution is 0.382. The molecule has 1 heterocycles. The van der Waals surface area contributed by atoms with E-state index in [0.717, 1.165) is 0 Å². The Kier molecular flexibility index (Phi) is 3.01. The van der Waals surface area contributed by atoms with E-state index in [1.165, 1.54) is 24.2 Å². The largest absolute Gasteiger partial charge is 0.494 e. The van der Waals surface area contributed by atoms with Gasteiger partial charge in [-0.2, -0.15) is 0 Å². The van der Waals surface area contributed by atoms with Crippen LogP contribution in [-0.4, -0.2) is 27.3 Å². The van der Waals surface area contributed by atoms with Crippen LogP contribution >= 0.6 is 0 Å². The zero-order valence-corrected chi connectivity index (χ0v) is 9.46. The number of rotatable bonds is 3. The minimum Gasteiger partial charge on any atom is -0.494 e. The van der Waals surface area contributed by atoms with Crippen molar-refractivity contribution < 1.29 is 9.13 Å². The van der Waals surface area contributed by atoms with Gasteiger partial charge in [-0.25, -0.2) is 9.07 Å². The minimum absolute atomic E-state index is 0.147. The molecule has 17 heavy (non-hydrogen) atoms. The molecule has 2 N–H and O–H groups in total. The molecule has 0 aliphatic heterocycles. The number of benzene rings is 1. The van der Waals surface area contributed by atoms with Crippen LogP contribution in [0.2, 0.25) is 0 Å². The smallest absolute Gasteiger partial charge is 0.171 e. The second-order valence-corrected chi connectivity index (χ2v) is 3.56. The molecule has 0 aliphatic carbocycles. The molecule has 1 unspecified atom stereocenters. The highest BCUT2D eigenvalue weighted by molar-refractivity contribution is 5.47. The number of hydrogen-bond donors (Lipinski definition) is 1. The fraction of sp³-hybridized carbons (Fsp3) is 0.300. The number of nitrogens with zero attached hydrogens (tertiary/aromatic N) is 4. The van der Waals surface area contributed by atoms with Crippen molar-refractivity contribution in [3.05, 3.63) is 29.8 Å². The van der Waals surface area contributed by atoms with Gasteiger partial charge in [0.15, 0.2) is 11.6 Å². The Labute approximate surface area is 97.2 Å². The molecule has 0 amide bonds. The summed E-state index contributed by atoms with van der Waals surface area (Å²) in [7, 11) is 1.40. The first-order chi connectivity index (χ1) is 8.15. The van der Waals surface area contributed by atoms with Crippen LogP contribution in [0.5, 0.6) is 5.75 Å². The van der Waals surface area contributed by atoms with Gasteiger partial charge in [0.25, 0.3) is 0 Å². The lowest BCUT2D eigenvalue weighted by Crippen LogP contribution is -2.13. The van der Waals surface area contributed by atoms with Crippen molar-refractivity contribution in [3.8, 4) is 11.4 Å². The predicted octanol–water partition coefficient (Wildman–Crippen LogP) is 0.830. The Morgan fingerprint density at radius 2 is 2.24 bits per heavy atom. The molecular formula is C10H12FN5O. The SMILES string of the molecule is COc1ccc(-n2cnnn2)c(C(C)N)c1F. The molecule has 0 spiro atoms. The van der Waals surface area contributed by atoms with Crippen LogP contribution in [0, 0.1) is 5.82 Å². The van der Waals surface area contributed by atoms with Crippen molar-refractivity contribution in [2.24, 2.45) is 5.73 Å². The van der Waals surface area contributed by atoms with Crippen LogP contribution in [-0.2, 0) is 0 Å². The molecule has 0 fully saturated rings. The van der Waals surface area contributed by atoms with Gasteiger partial charge in [0.05, 0.1) is 12.8 Å². The first-order valence-electron chi connectivity index (χ1n) is 5.00. The summed E-state index contributed by atoms with van der Waals surface area (Å²) in [4.78, 5) is 0. The molecule has 1 aromatic carbocycles. The highest BCUT2D eigenvalue weighted by Gasteiger charge is 2.18. The quantitative estimate of drug-likeness (QED) is 0.855. The van der Waals surface area contributed by atoms with Crippen molar-refractivity contribution >= 4 is 0 Å². The zero-order chi connectivity index (χ0) is 12.4. The molecular weight excluding hydrogens is 225 g/mol. The molecule has 0 saturated carbocycles. The zero-order valence-electron chi connectivity index (χ0n) is 9.46. The summed E-state index contributed by atoms with van der Waals surface area (Å²) < 4.78 is 20.4. The molecule has 2 rings (SSSR count). The molecule has 0 radical (unpaired) electrons. The van der Waals surface area contributed by atoms with Crippen molar-refractivity contribution in [1.29, 1.82) is 0 Å². The molecule has 1 aromatic heterocycles. The molecule has 90 valence electrons. The first-order valence-corrected chi connectivity index (χ1v) is 5.00. The second kappa shape index (κ2) is 4.46. The van der Waals surface area contributed by atoms with Crippen molar-refractivity contribution in [2.75, 3.05) is 7.11 Å². The highest BCUT2D eigenvalue weighted by atomic mass is 19.1. The number of tetrazole rings is 1. The van der Waals surface area contributed by atoms with Gasteiger partial charge < -0.3 is 10.5 Å². The van der Waals surface area contributed by atoms with Crippen LogP contribution in [0.25, 0.3) is 5.69 Å². The van der Waals surface area contributed by atoms with E-state index in [4.69, 9.17) is 10.5 Å². The van der Waals surface area contributed by atoms with E-state index in [0.29, 0.717) is 11.3 Å². The Morgan fingerprint density at radius 1 is 1.47 bits per heavy atom. The molecule has 7 heteroatoms. The Hall–Kier alpha value is -2.02. The van der Waals surface area contributed by atoms with Gasteiger partial charge in [-0.05, 0) is 29.5 Å². The van der Waals surface area contributed by atoms with Gasteiger partial charge in [0.1, 0.15) is 6.33 Å². The van der Waals surface area contributed by atoms with Gasteiger partial charge in [-0.3, -0.25) is 0 Å². The summed E-state index contributed by atoms with van der Waals surface area (Å²) in [6.45, 7) is 1.69. The minimum atomic E-state index is -0.496. The molecule has 2 aromatic rings. The van der Waals surface area contributed by atoms with Crippen molar-refractivity contribution in [2.45, 2.75) is 13.0 Å².